The summed E-state index contributed by atoms with van der Waals surface area (Å²) in [5.41, 5.74) is 7.26. The summed E-state index contributed by atoms with van der Waals surface area (Å²) in [7, 11) is 0. The van der Waals surface area contributed by atoms with E-state index in [2.05, 4.69) is 231 Å². The Kier molecular flexibility index (Phi) is 23.2. The summed E-state index contributed by atoms with van der Waals surface area (Å²) in [6, 6.07) is 44.0. The molecule has 0 saturated carbocycles. The number of hydrogen-bond donors (Lipinski definition) is 0. The molecule has 0 fully saturated rings. The Morgan fingerprint density at radius 1 is 0.527 bits per heavy atom. The molecule has 1 aliphatic heterocycles. The van der Waals surface area contributed by atoms with Gasteiger partial charge in [-0.25, -0.2) is 0 Å². The van der Waals surface area contributed by atoms with E-state index in [1.807, 2.05) is 77.7 Å². The third-order valence-electron chi connectivity index (χ3n) is 12.0. The second-order valence-corrected chi connectivity index (χ2v) is 25.8. The lowest BCUT2D eigenvalue weighted by Gasteiger charge is -2.19. The fourth-order valence-corrected chi connectivity index (χ4v) is 9.03. The largest absolute Gasteiger partial charge is 0.493 e. The van der Waals surface area contributed by atoms with E-state index in [0.29, 0.717) is 17.8 Å². The van der Waals surface area contributed by atoms with Gasteiger partial charge in [-0.3, -0.25) is 9.97 Å². The fourth-order valence-electron chi connectivity index (χ4n) is 7.17. The molecule has 5 nitrogen and oxygen atoms in total. The average Bonchev–Trinajstić information content (AvgIpc) is 4.22. The van der Waals surface area contributed by atoms with E-state index in [-0.39, 0.29) is 21.7 Å². The topological polar surface area (TPSA) is 61.3 Å². The van der Waals surface area contributed by atoms with Gasteiger partial charge in [0.25, 0.3) is 0 Å². The van der Waals surface area contributed by atoms with E-state index in [0.717, 1.165) is 35.9 Å². The third kappa shape index (κ3) is 20.5. The molecule has 396 valence electrons. The van der Waals surface area contributed by atoms with E-state index < -0.39 is 0 Å². The van der Waals surface area contributed by atoms with Crippen molar-refractivity contribution in [2.75, 3.05) is 6.61 Å². The number of para-hydroxylation sites is 1. The van der Waals surface area contributed by atoms with Gasteiger partial charge in [-0.1, -0.05) is 185 Å². The van der Waals surface area contributed by atoms with Gasteiger partial charge in [0.1, 0.15) is 22.9 Å². The molecule has 0 saturated heterocycles. The van der Waals surface area contributed by atoms with Gasteiger partial charge < -0.3 is 13.6 Å². The molecule has 9 aromatic rings. The minimum absolute atomic E-state index is 0.0962. The Hall–Kier alpha value is -5.76. The minimum Gasteiger partial charge on any atom is -0.493 e. The lowest BCUT2D eigenvalue weighted by Crippen LogP contribution is -2.10. The number of nitrogens with zero attached hydrogens (tertiary/aromatic N) is 2. The number of thiophene rings is 2. The molecule has 0 N–H and O–H groups in total. The first-order valence-corrected chi connectivity index (χ1v) is 28.0. The van der Waals surface area contributed by atoms with Crippen molar-refractivity contribution >= 4 is 43.7 Å². The second-order valence-electron chi connectivity index (χ2n) is 23.7. The first-order chi connectivity index (χ1) is 34.7. The molecule has 3 aromatic carbocycles. The van der Waals surface area contributed by atoms with Crippen LogP contribution in [0, 0.1) is 0 Å². The maximum absolute atomic E-state index is 5.73. The number of hydrogen-bond acceptors (Lipinski definition) is 7. The van der Waals surface area contributed by atoms with Crippen molar-refractivity contribution in [1.82, 2.24) is 9.97 Å². The van der Waals surface area contributed by atoms with Gasteiger partial charge in [0.2, 0.25) is 0 Å². The Morgan fingerprint density at radius 3 is 1.65 bits per heavy atom. The van der Waals surface area contributed by atoms with E-state index in [1.165, 1.54) is 47.5 Å². The quantitative estimate of drug-likeness (QED) is 0.176. The van der Waals surface area contributed by atoms with Crippen molar-refractivity contribution in [3.05, 3.63) is 207 Å². The lowest BCUT2D eigenvalue weighted by molar-refractivity contribution is 0.356. The van der Waals surface area contributed by atoms with Gasteiger partial charge in [-0.05, 0) is 128 Å². The standard InChI is InChI=1S/C12H16O.C12H14O.C12H14S.C9H13N.C8H11N.C7H10O.C7H10S/c1-12(2,3)10-4-5-11-9(8-10)6-7-13-11;2*1-12(2,3)11-8-9-6-4-5-7-10(9)13-11;1-9(2,3)8-4-6-10-7-5-8;1-7(2)8-4-3-5-9-6-8;2*1-6(2)7-4-3-5-8-7/h4-5,8H,6-7H2,1-3H3;2*4-8H,1-3H3;4-7H,1-3H3;3-7H,1-2H3;2*3-6H,1-2H3. The number of ether oxygens (including phenoxy) is 1. The normalized spacial score (nSPS) is 12.0. The zero-order chi connectivity index (χ0) is 54.7. The van der Waals surface area contributed by atoms with E-state index >= 15 is 0 Å². The first kappa shape index (κ1) is 60.8. The van der Waals surface area contributed by atoms with Crippen LogP contribution in [0.3, 0.4) is 0 Å². The van der Waals surface area contributed by atoms with Crippen LogP contribution in [-0.2, 0) is 28.1 Å². The molecular formula is C67H88N2O3S2. The molecule has 0 spiro atoms. The minimum atomic E-state index is 0.0962. The summed E-state index contributed by atoms with van der Waals surface area (Å²) >= 11 is 3.74. The highest BCUT2D eigenvalue weighted by Crippen LogP contribution is 2.34. The Bertz CT molecular complexity index is 2730. The highest BCUT2D eigenvalue weighted by molar-refractivity contribution is 7.19. The molecule has 10 rings (SSSR count). The average molecular weight is 1030 g/mol. The van der Waals surface area contributed by atoms with Crippen LogP contribution in [0.1, 0.15) is 186 Å². The van der Waals surface area contributed by atoms with Crippen molar-refractivity contribution in [2.45, 2.75) is 170 Å². The third-order valence-corrected chi connectivity index (χ3v) is 14.7. The molecule has 6 aromatic heterocycles. The highest BCUT2D eigenvalue weighted by Gasteiger charge is 2.20. The second kappa shape index (κ2) is 28.2. The zero-order valence-corrected chi connectivity index (χ0v) is 49.8. The number of benzene rings is 3. The molecule has 0 radical (unpaired) electrons. The molecule has 7 heteroatoms. The number of fused-ring (bicyclic) bond motifs is 3. The van der Waals surface area contributed by atoms with Crippen LogP contribution in [0.5, 0.6) is 5.75 Å². The first-order valence-electron chi connectivity index (χ1n) is 26.4. The predicted molar refractivity (Wildman–Crippen MR) is 322 cm³/mol. The van der Waals surface area contributed by atoms with Crippen molar-refractivity contribution in [1.29, 1.82) is 0 Å². The highest BCUT2D eigenvalue weighted by atomic mass is 32.1. The van der Waals surface area contributed by atoms with Crippen molar-refractivity contribution in [3.63, 3.8) is 0 Å². The Labute approximate surface area is 454 Å². The number of furan rings is 2. The van der Waals surface area contributed by atoms with Crippen molar-refractivity contribution in [2.24, 2.45) is 0 Å². The molecule has 0 aliphatic carbocycles. The molecule has 0 unspecified atom stereocenters. The van der Waals surface area contributed by atoms with Crippen molar-refractivity contribution < 1.29 is 13.6 Å². The smallest absolute Gasteiger partial charge is 0.134 e. The maximum Gasteiger partial charge on any atom is 0.134 e. The molecule has 0 atom stereocenters. The van der Waals surface area contributed by atoms with Crippen LogP contribution in [0.25, 0.3) is 21.1 Å². The Morgan fingerprint density at radius 2 is 1.19 bits per heavy atom. The van der Waals surface area contributed by atoms with Gasteiger partial charge in [0.05, 0.1) is 12.9 Å². The van der Waals surface area contributed by atoms with Crippen LogP contribution >= 0.6 is 22.7 Å². The molecule has 74 heavy (non-hydrogen) atoms. The van der Waals surface area contributed by atoms with Crippen LogP contribution in [0.4, 0.5) is 0 Å². The van der Waals surface area contributed by atoms with Gasteiger partial charge >= 0.3 is 0 Å². The van der Waals surface area contributed by atoms with E-state index in [9.17, 15) is 0 Å². The fraction of sp³-hybridized carbons (Fsp3) is 0.403. The maximum atomic E-state index is 5.73. The summed E-state index contributed by atoms with van der Waals surface area (Å²) in [6.45, 7) is 40.4. The van der Waals surface area contributed by atoms with Gasteiger partial charge in [-0.2, -0.15) is 0 Å². The summed E-state index contributed by atoms with van der Waals surface area (Å²) in [5.74, 6) is 5.00. The van der Waals surface area contributed by atoms with Crippen LogP contribution in [0.15, 0.2) is 173 Å². The summed E-state index contributed by atoms with van der Waals surface area (Å²) in [6.07, 6.45) is 10.1. The van der Waals surface area contributed by atoms with Crippen molar-refractivity contribution in [3.8, 4) is 5.75 Å². The monoisotopic (exact) mass is 1030 g/mol. The lowest BCUT2D eigenvalue weighted by atomic mass is 9.86. The molecule has 0 bridgehead atoms. The van der Waals surface area contributed by atoms with Gasteiger partial charge in [0, 0.05) is 62.4 Å². The van der Waals surface area contributed by atoms with Crippen LogP contribution in [-0.4, -0.2) is 16.6 Å². The van der Waals surface area contributed by atoms with Gasteiger partial charge in [0.15, 0.2) is 0 Å². The number of pyridine rings is 2. The van der Waals surface area contributed by atoms with Crippen LogP contribution in [0.2, 0.25) is 0 Å². The summed E-state index contributed by atoms with van der Waals surface area (Å²) in [4.78, 5) is 10.9. The summed E-state index contributed by atoms with van der Waals surface area (Å²) < 4.78 is 17.7. The number of aromatic nitrogens is 2. The molecular weight excluding hydrogens is 945 g/mol. The summed E-state index contributed by atoms with van der Waals surface area (Å²) in [5, 5.41) is 4.68. The molecule has 1 aliphatic rings. The zero-order valence-electron chi connectivity index (χ0n) is 48.2. The SMILES string of the molecule is CC(C)(C)c1cc2ccccc2o1.CC(C)(C)c1cc2ccccc2s1.CC(C)(C)c1ccc2c(c1)CCO2.CC(C)(C)c1ccncc1.CC(C)c1cccnc1.CC(C)c1ccco1.CC(C)c1cccs1. The number of rotatable bonds is 3. The predicted octanol–water partition coefficient (Wildman–Crippen LogP) is 20.7. The molecule has 7 heterocycles. The van der Waals surface area contributed by atoms with E-state index in [4.69, 9.17) is 13.6 Å². The van der Waals surface area contributed by atoms with Gasteiger partial charge in [-0.15, -0.1) is 22.7 Å². The van der Waals surface area contributed by atoms with E-state index in [1.54, 1.807) is 12.5 Å². The van der Waals surface area contributed by atoms with Crippen LogP contribution < -0.4 is 4.74 Å². The molecule has 0 amide bonds. The Balaban J connectivity index is 0.000000189.